The second-order valence-electron chi connectivity index (χ2n) is 5.41. The molecule has 0 unspecified atom stereocenters. The van der Waals surface area contributed by atoms with Gasteiger partial charge in [0.1, 0.15) is 0 Å². The van der Waals surface area contributed by atoms with Crippen molar-refractivity contribution in [2.24, 2.45) is 0 Å². The van der Waals surface area contributed by atoms with E-state index in [1.807, 2.05) is 17.5 Å². The molecule has 0 radical (unpaired) electrons. The van der Waals surface area contributed by atoms with Crippen molar-refractivity contribution >= 4 is 28.3 Å². The smallest absolute Gasteiger partial charge is 0.257 e. The van der Waals surface area contributed by atoms with E-state index in [0.717, 1.165) is 11.3 Å². The van der Waals surface area contributed by atoms with Crippen LogP contribution in [0.5, 0.6) is 0 Å². The SMILES string of the molecule is CC(=O)NCc1ccc(C(=O)Nc2nc(C3CC3)cs2)cc1. The molecule has 2 N–H and O–H groups in total. The van der Waals surface area contributed by atoms with E-state index in [9.17, 15) is 9.59 Å². The van der Waals surface area contributed by atoms with E-state index < -0.39 is 0 Å². The van der Waals surface area contributed by atoms with Crippen LogP contribution in [0.15, 0.2) is 29.6 Å². The van der Waals surface area contributed by atoms with E-state index in [2.05, 4.69) is 15.6 Å². The van der Waals surface area contributed by atoms with Gasteiger partial charge < -0.3 is 5.32 Å². The molecule has 0 aliphatic heterocycles. The molecule has 0 atom stereocenters. The van der Waals surface area contributed by atoms with Crippen LogP contribution in [0.2, 0.25) is 0 Å². The number of hydrogen-bond acceptors (Lipinski definition) is 4. The quantitative estimate of drug-likeness (QED) is 0.891. The van der Waals surface area contributed by atoms with Crippen LogP contribution in [0.1, 0.15) is 47.3 Å². The average Bonchev–Trinajstić information content (AvgIpc) is 3.26. The van der Waals surface area contributed by atoms with Gasteiger partial charge in [-0.25, -0.2) is 4.98 Å². The van der Waals surface area contributed by atoms with Gasteiger partial charge in [-0.3, -0.25) is 14.9 Å². The van der Waals surface area contributed by atoms with E-state index >= 15 is 0 Å². The number of hydrogen-bond donors (Lipinski definition) is 2. The van der Waals surface area contributed by atoms with Crippen LogP contribution in [0, 0.1) is 0 Å². The molecule has 0 spiro atoms. The fourth-order valence-corrected chi connectivity index (χ4v) is 2.87. The summed E-state index contributed by atoms with van der Waals surface area (Å²) >= 11 is 1.46. The molecule has 1 fully saturated rings. The molecule has 1 aromatic carbocycles. The van der Waals surface area contributed by atoms with E-state index in [0.29, 0.717) is 23.2 Å². The Kier molecular flexibility index (Phi) is 4.20. The summed E-state index contributed by atoms with van der Waals surface area (Å²) in [6.45, 7) is 1.94. The molecule has 1 aliphatic carbocycles. The van der Waals surface area contributed by atoms with Gasteiger partial charge in [-0.05, 0) is 30.5 Å². The van der Waals surface area contributed by atoms with Crippen molar-refractivity contribution in [1.29, 1.82) is 0 Å². The maximum Gasteiger partial charge on any atom is 0.257 e. The summed E-state index contributed by atoms with van der Waals surface area (Å²) in [6, 6.07) is 7.18. The average molecular weight is 315 g/mol. The van der Waals surface area contributed by atoms with Crippen molar-refractivity contribution in [1.82, 2.24) is 10.3 Å². The number of anilines is 1. The monoisotopic (exact) mass is 315 g/mol. The topological polar surface area (TPSA) is 71.1 Å². The molecule has 1 aromatic heterocycles. The molecule has 1 heterocycles. The van der Waals surface area contributed by atoms with Gasteiger partial charge >= 0.3 is 0 Å². The number of carbonyl (C=O) groups is 2. The van der Waals surface area contributed by atoms with Crippen molar-refractivity contribution < 1.29 is 9.59 Å². The highest BCUT2D eigenvalue weighted by Crippen LogP contribution is 2.40. The van der Waals surface area contributed by atoms with E-state index in [1.165, 1.54) is 31.1 Å². The molecule has 3 rings (SSSR count). The minimum absolute atomic E-state index is 0.0722. The van der Waals surface area contributed by atoms with Gasteiger partial charge in [0, 0.05) is 30.3 Å². The summed E-state index contributed by atoms with van der Waals surface area (Å²) in [4.78, 5) is 27.5. The molecule has 22 heavy (non-hydrogen) atoms. The molecule has 2 aromatic rings. The lowest BCUT2D eigenvalue weighted by molar-refractivity contribution is -0.119. The highest BCUT2D eigenvalue weighted by atomic mass is 32.1. The highest BCUT2D eigenvalue weighted by Gasteiger charge is 2.26. The van der Waals surface area contributed by atoms with E-state index in [1.54, 1.807) is 12.1 Å². The predicted octanol–water partition coefficient (Wildman–Crippen LogP) is 2.91. The molecule has 5 nitrogen and oxygen atoms in total. The fraction of sp³-hybridized carbons (Fsp3) is 0.312. The second-order valence-corrected chi connectivity index (χ2v) is 6.27. The Morgan fingerprint density at radius 1 is 1.27 bits per heavy atom. The van der Waals surface area contributed by atoms with Crippen LogP contribution in [0.3, 0.4) is 0 Å². The van der Waals surface area contributed by atoms with Gasteiger partial charge in [0.15, 0.2) is 5.13 Å². The summed E-state index contributed by atoms with van der Waals surface area (Å²) < 4.78 is 0. The van der Waals surface area contributed by atoms with Gasteiger partial charge in [0.2, 0.25) is 5.91 Å². The standard InChI is InChI=1S/C16H17N3O2S/c1-10(20)17-8-11-2-4-13(5-3-11)15(21)19-16-18-14(9-22-16)12-6-7-12/h2-5,9,12H,6-8H2,1H3,(H,17,20)(H,18,19,21). The molecule has 6 heteroatoms. The molecule has 0 saturated heterocycles. The largest absolute Gasteiger partial charge is 0.352 e. The van der Waals surface area contributed by atoms with Crippen molar-refractivity contribution in [3.8, 4) is 0 Å². The van der Waals surface area contributed by atoms with Crippen LogP contribution < -0.4 is 10.6 Å². The van der Waals surface area contributed by atoms with Gasteiger partial charge in [-0.15, -0.1) is 11.3 Å². The third-order valence-corrected chi connectivity index (χ3v) is 4.27. The second kappa shape index (κ2) is 6.27. The summed E-state index contributed by atoms with van der Waals surface area (Å²) in [5, 5.41) is 8.22. The van der Waals surface area contributed by atoms with Crippen LogP contribution in [0.4, 0.5) is 5.13 Å². The Morgan fingerprint density at radius 3 is 2.64 bits per heavy atom. The third-order valence-electron chi connectivity index (χ3n) is 3.50. The zero-order valence-corrected chi connectivity index (χ0v) is 13.1. The summed E-state index contributed by atoms with van der Waals surface area (Å²) in [7, 11) is 0. The van der Waals surface area contributed by atoms with Crippen molar-refractivity contribution in [2.75, 3.05) is 5.32 Å². The predicted molar refractivity (Wildman–Crippen MR) is 86.0 cm³/mol. The van der Waals surface area contributed by atoms with Crippen LogP contribution in [0.25, 0.3) is 0 Å². The Bertz CT molecular complexity index is 690. The van der Waals surface area contributed by atoms with Gasteiger partial charge in [0.05, 0.1) is 5.69 Å². The third kappa shape index (κ3) is 3.71. The first kappa shape index (κ1) is 14.7. The zero-order valence-electron chi connectivity index (χ0n) is 12.3. The number of benzene rings is 1. The summed E-state index contributed by atoms with van der Waals surface area (Å²) in [6.07, 6.45) is 2.40. The van der Waals surface area contributed by atoms with Crippen molar-refractivity contribution in [3.63, 3.8) is 0 Å². The molecule has 1 aliphatic rings. The lowest BCUT2D eigenvalue weighted by atomic mass is 10.1. The van der Waals surface area contributed by atoms with Crippen LogP contribution >= 0.6 is 11.3 Å². The maximum absolute atomic E-state index is 12.2. The van der Waals surface area contributed by atoms with E-state index in [-0.39, 0.29) is 11.8 Å². The summed E-state index contributed by atoms with van der Waals surface area (Å²) in [5.41, 5.74) is 2.62. The number of carbonyl (C=O) groups excluding carboxylic acids is 2. The molecular weight excluding hydrogens is 298 g/mol. The molecular formula is C16H17N3O2S. The lowest BCUT2D eigenvalue weighted by Crippen LogP contribution is -2.19. The molecule has 1 saturated carbocycles. The first-order chi connectivity index (χ1) is 10.6. The van der Waals surface area contributed by atoms with Crippen molar-refractivity contribution in [2.45, 2.75) is 32.2 Å². The van der Waals surface area contributed by atoms with Gasteiger partial charge in [-0.2, -0.15) is 0 Å². The summed E-state index contributed by atoms with van der Waals surface area (Å²) in [5.74, 6) is 0.356. The zero-order chi connectivity index (χ0) is 15.5. The fourth-order valence-electron chi connectivity index (χ4n) is 2.08. The van der Waals surface area contributed by atoms with E-state index in [4.69, 9.17) is 0 Å². The Labute approximate surface area is 132 Å². The van der Waals surface area contributed by atoms with Gasteiger partial charge in [-0.1, -0.05) is 12.1 Å². The Morgan fingerprint density at radius 2 is 2.00 bits per heavy atom. The van der Waals surface area contributed by atoms with Gasteiger partial charge in [0.25, 0.3) is 5.91 Å². The van der Waals surface area contributed by atoms with Crippen LogP contribution in [-0.4, -0.2) is 16.8 Å². The van der Waals surface area contributed by atoms with Crippen LogP contribution in [-0.2, 0) is 11.3 Å². The minimum Gasteiger partial charge on any atom is -0.352 e. The number of aromatic nitrogens is 1. The molecule has 114 valence electrons. The molecule has 0 bridgehead atoms. The van der Waals surface area contributed by atoms with Crippen molar-refractivity contribution in [3.05, 3.63) is 46.5 Å². The lowest BCUT2D eigenvalue weighted by Gasteiger charge is -2.05. The number of amides is 2. The first-order valence-corrected chi connectivity index (χ1v) is 8.10. The number of nitrogens with one attached hydrogen (secondary N) is 2. The molecule has 2 amide bonds. The minimum atomic E-state index is -0.164. The number of nitrogens with zero attached hydrogens (tertiary/aromatic N) is 1. The highest BCUT2D eigenvalue weighted by molar-refractivity contribution is 7.14. The number of thiazole rings is 1. The number of rotatable bonds is 5. The Hall–Kier alpha value is -2.21. The normalized spacial score (nSPS) is 13.7. The Balaban J connectivity index is 1.60. The first-order valence-electron chi connectivity index (χ1n) is 7.22. The maximum atomic E-state index is 12.2.